The van der Waals surface area contributed by atoms with Crippen LogP contribution < -0.4 is 14.8 Å². The number of ether oxygens (including phenoxy) is 2. The molecule has 1 aliphatic carbocycles. The van der Waals surface area contributed by atoms with Gasteiger partial charge in [0, 0.05) is 19.8 Å². The molecule has 1 amide bonds. The molecule has 3 N–H and O–H groups in total. The number of carboxylic acids is 1. The first kappa shape index (κ1) is 18.3. The van der Waals surface area contributed by atoms with Gasteiger partial charge in [-0.05, 0) is 67.3 Å². The normalized spacial score (nSPS) is 15.6. The number of aromatic nitrogens is 1. The topological polar surface area (TPSA) is 101 Å². The van der Waals surface area contributed by atoms with Crippen molar-refractivity contribution in [3.05, 3.63) is 65.4 Å². The Hall–Kier alpha value is -3.74. The van der Waals surface area contributed by atoms with E-state index in [2.05, 4.69) is 10.3 Å². The predicted octanol–water partition coefficient (Wildman–Crippen LogP) is 4.58. The quantitative estimate of drug-likeness (QED) is 0.574. The van der Waals surface area contributed by atoms with Crippen molar-refractivity contribution in [3.63, 3.8) is 0 Å². The molecule has 2 aliphatic rings. The fraction of sp³-hybridized carbons (Fsp3) is 0.217. The van der Waals surface area contributed by atoms with Gasteiger partial charge in [0.2, 0.25) is 12.7 Å². The van der Waals surface area contributed by atoms with Crippen LogP contribution >= 0.6 is 0 Å². The molecule has 3 aromatic rings. The van der Waals surface area contributed by atoms with Crippen LogP contribution in [0.15, 0.2) is 48.5 Å². The van der Waals surface area contributed by atoms with Crippen LogP contribution in [0.3, 0.4) is 0 Å². The van der Waals surface area contributed by atoms with Crippen molar-refractivity contribution in [2.45, 2.75) is 25.2 Å². The summed E-state index contributed by atoms with van der Waals surface area (Å²) in [4.78, 5) is 27.2. The summed E-state index contributed by atoms with van der Waals surface area (Å²) in [5, 5.41) is 12.2. The van der Waals surface area contributed by atoms with Crippen LogP contribution in [-0.4, -0.2) is 28.8 Å². The summed E-state index contributed by atoms with van der Waals surface area (Å²) >= 11 is 0. The Morgan fingerprint density at radius 2 is 1.87 bits per heavy atom. The zero-order chi connectivity index (χ0) is 20.9. The van der Waals surface area contributed by atoms with Crippen molar-refractivity contribution in [2.24, 2.45) is 0 Å². The van der Waals surface area contributed by atoms with E-state index in [0.29, 0.717) is 22.9 Å². The second-order valence-electron chi connectivity index (χ2n) is 7.72. The molecule has 1 aromatic heterocycles. The number of benzene rings is 2. The molecule has 2 heterocycles. The highest BCUT2D eigenvalue weighted by molar-refractivity contribution is 6.02. The average Bonchev–Trinajstić information content (AvgIpc) is 3.17. The molecule has 0 spiro atoms. The van der Waals surface area contributed by atoms with Crippen molar-refractivity contribution in [3.8, 4) is 22.8 Å². The standard InChI is InChI=1S/C23H20N2O5.2H2/c1-13-2-4-15(11-16(13)17-5-6-18(25-17)21(26)27)24-22(28)23(8-9-23)14-3-7-19-20(10-14)30-12-29-19;;/h2-7,10-11,25H,8-9,12H2,1H3,(H,24,28)(H,26,27);2*1H. The minimum Gasteiger partial charge on any atom is -0.477 e. The van der Waals surface area contributed by atoms with Gasteiger partial charge in [0.05, 0.1) is 5.41 Å². The van der Waals surface area contributed by atoms with Crippen molar-refractivity contribution in [2.75, 3.05) is 12.1 Å². The van der Waals surface area contributed by atoms with E-state index in [0.717, 1.165) is 29.5 Å². The van der Waals surface area contributed by atoms with Gasteiger partial charge in [-0.1, -0.05) is 12.1 Å². The minimum atomic E-state index is -1.01. The number of aromatic carboxylic acids is 1. The molecule has 7 nitrogen and oxygen atoms in total. The molecule has 1 fully saturated rings. The number of nitrogens with one attached hydrogen (secondary N) is 2. The van der Waals surface area contributed by atoms with Crippen LogP contribution in [0.1, 0.15) is 37.3 Å². The van der Waals surface area contributed by atoms with Gasteiger partial charge in [-0.15, -0.1) is 0 Å². The Balaban J connectivity index is 0.00000144. The Bertz CT molecular complexity index is 1190. The van der Waals surface area contributed by atoms with Crippen molar-refractivity contribution >= 4 is 17.6 Å². The summed E-state index contributed by atoms with van der Waals surface area (Å²) in [6.07, 6.45) is 1.55. The number of amides is 1. The van der Waals surface area contributed by atoms with Crippen molar-refractivity contribution in [1.29, 1.82) is 0 Å². The summed E-state index contributed by atoms with van der Waals surface area (Å²) in [5.74, 6) is 0.298. The fourth-order valence-corrected chi connectivity index (χ4v) is 3.88. The largest absolute Gasteiger partial charge is 0.477 e. The summed E-state index contributed by atoms with van der Waals surface area (Å²) in [7, 11) is 0. The number of hydrogen-bond acceptors (Lipinski definition) is 4. The van der Waals surface area contributed by atoms with E-state index < -0.39 is 11.4 Å². The first-order chi connectivity index (χ1) is 14.5. The lowest BCUT2D eigenvalue weighted by molar-refractivity contribution is -0.118. The van der Waals surface area contributed by atoms with Gasteiger partial charge in [-0.3, -0.25) is 4.79 Å². The zero-order valence-corrected chi connectivity index (χ0v) is 16.3. The number of aryl methyl sites for hydroxylation is 1. The summed E-state index contributed by atoms with van der Waals surface area (Å²) < 4.78 is 10.8. The average molecular weight is 408 g/mol. The van der Waals surface area contributed by atoms with Crippen LogP contribution in [-0.2, 0) is 10.2 Å². The molecule has 0 unspecified atom stereocenters. The van der Waals surface area contributed by atoms with Gasteiger partial charge in [0.15, 0.2) is 11.5 Å². The van der Waals surface area contributed by atoms with Gasteiger partial charge in [0.1, 0.15) is 5.69 Å². The Labute approximate surface area is 175 Å². The summed E-state index contributed by atoms with van der Waals surface area (Å²) in [6.45, 7) is 2.14. The number of carbonyl (C=O) groups is 2. The van der Waals surface area contributed by atoms with Crippen molar-refractivity contribution < 1.29 is 27.0 Å². The molecule has 156 valence electrons. The van der Waals surface area contributed by atoms with Gasteiger partial charge in [-0.25, -0.2) is 4.79 Å². The third-order valence-corrected chi connectivity index (χ3v) is 5.81. The molecule has 30 heavy (non-hydrogen) atoms. The number of anilines is 1. The molecular formula is C23H24N2O5. The van der Waals surface area contributed by atoms with E-state index in [-0.39, 0.29) is 21.2 Å². The number of carboxylic acid groups (broad SMARTS) is 1. The van der Waals surface area contributed by atoms with E-state index in [1.165, 1.54) is 6.07 Å². The van der Waals surface area contributed by atoms with Gasteiger partial charge in [0.25, 0.3) is 0 Å². The SMILES string of the molecule is Cc1ccc(NC(=O)C2(c3ccc4c(c3)OCO4)CC2)cc1-c1ccc(C(=O)O)[nH]1.[HH].[HH]. The maximum absolute atomic E-state index is 13.2. The Morgan fingerprint density at radius 3 is 2.60 bits per heavy atom. The second kappa shape index (κ2) is 6.66. The monoisotopic (exact) mass is 408 g/mol. The summed E-state index contributed by atoms with van der Waals surface area (Å²) in [5.41, 5.74) is 3.66. The van der Waals surface area contributed by atoms with E-state index in [9.17, 15) is 9.59 Å². The molecule has 0 radical (unpaired) electrons. The third-order valence-electron chi connectivity index (χ3n) is 5.81. The van der Waals surface area contributed by atoms with E-state index in [4.69, 9.17) is 14.6 Å². The number of rotatable bonds is 5. The first-order valence-corrected chi connectivity index (χ1v) is 9.71. The number of hydrogen-bond donors (Lipinski definition) is 3. The molecular weight excluding hydrogens is 384 g/mol. The maximum atomic E-state index is 13.2. The second-order valence-corrected chi connectivity index (χ2v) is 7.72. The lowest BCUT2D eigenvalue weighted by atomic mass is 9.94. The highest BCUT2D eigenvalue weighted by Crippen LogP contribution is 2.51. The van der Waals surface area contributed by atoms with Crippen LogP contribution in [0.25, 0.3) is 11.3 Å². The van der Waals surface area contributed by atoms with E-state index in [1.54, 1.807) is 6.07 Å². The Morgan fingerprint density at radius 1 is 1.07 bits per heavy atom. The molecule has 0 bridgehead atoms. The minimum absolute atomic E-state index is 0. The molecule has 1 aliphatic heterocycles. The Kier molecular flexibility index (Phi) is 4.06. The van der Waals surface area contributed by atoms with Gasteiger partial charge in [-0.2, -0.15) is 0 Å². The van der Waals surface area contributed by atoms with E-state index in [1.807, 2.05) is 43.3 Å². The number of fused-ring (bicyclic) bond motifs is 1. The summed E-state index contributed by atoms with van der Waals surface area (Å²) in [6, 6.07) is 14.5. The van der Waals surface area contributed by atoms with Crippen LogP contribution in [0.4, 0.5) is 5.69 Å². The molecule has 1 saturated carbocycles. The van der Waals surface area contributed by atoms with Crippen LogP contribution in [0.5, 0.6) is 11.5 Å². The predicted molar refractivity (Wildman–Crippen MR) is 114 cm³/mol. The smallest absolute Gasteiger partial charge is 0.352 e. The molecule has 2 aromatic carbocycles. The zero-order valence-electron chi connectivity index (χ0n) is 16.3. The third kappa shape index (κ3) is 2.99. The molecule has 5 rings (SSSR count). The van der Waals surface area contributed by atoms with E-state index >= 15 is 0 Å². The lowest BCUT2D eigenvalue weighted by Crippen LogP contribution is -2.27. The number of aromatic amines is 1. The molecule has 0 saturated heterocycles. The molecule has 7 heteroatoms. The first-order valence-electron chi connectivity index (χ1n) is 9.71. The highest BCUT2D eigenvalue weighted by Gasteiger charge is 2.51. The highest BCUT2D eigenvalue weighted by atomic mass is 16.7. The molecule has 0 atom stereocenters. The van der Waals surface area contributed by atoms with Gasteiger partial charge >= 0.3 is 5.97 Å². The van der Waals surface area contributed by atoms with Crippen molar-refractivity contribution in [1.82, 2.24) is 4.98 Å². The van der Waals surface area contributed by atoms with Crippen LogP contribution in [0, 0.1) is 6.92 Å². The van der Waals surface area contributed by atoms with Crippen LogP contribution in [0.2, 0.25) is 0 Å². The lowest BCUT2D eigenvalue weighted by Gasteiger charge is -2.17. The van der Waals surface area contributed by atoms with Gasteiger partial charge < -0.3 is 24.9 Å². The fourth-order valence-electron chi connectivity index (χ4n) is 3.88. The number of carbonyl (C=O) groups excluding carboxylic acids is 1. The maximum Gasteiger partial charge on any atom is 0.352 e. The number of H-pyrrole nitrogens is 1.